The fraction of sp³-hybridized carbons (Fsp3) is 0.333. The van der Waals surface area contributed by atoms with Crippen LogP contribution in [0.1, 0.15) is 24.2 Å². The van der Waals surface area contributed by atoms with E-state index in [9.17, 15) is 0 Å². The number of nitrogens with one attached hydrogen (secondary N) is 1. The third-order valence-electron chi connectivity index (χ3n) is 2.71. The standard InChI is InChI=1S/C12H16N4/c1-9-4-6-13-8-11(9)15-10(2)12-5-7-14-16(12)3/h4-8,10,15H,1-3H3. The summed E-state index contributed by atoms with van der Waals surface area (Å²) in [5.74, 6) is 0. The first kappa shape index (κ1) is 10.7. The third-order valence-corrected chi connectivity index (χ3v) is 2.71. The van der Waals surface area contributed by atoms with Crippen molar-refractivity contribution in [2.45, 2.75) is 19.9 Å². The fourth-order valence-corrected chi connectivity index (χ4v) is 1.73. The molecular weight excluding hydrogens is 200 g/mol. The lowest BCUT2D eigenvalue weighted by Crippen LogP contribution is -2.12. The van der Waals surface area contributed by atoms with Gasteiger partial charge in [-0.1, -0.05) is 0 Å². The molecule has 4 heteroatoms. The van der Waals surface area contributed by atoms with Crippen molar-refractivity contribution in [1.82, 2.24) is 14.8 Å². The van der Waals surface area contributed by atoms with Crippen LogP contribution in [0.2, 0.25) is 0 Å². The van der Waals surface area contributed by atoms with Crippen LogP contribution in [0.4, 0.5) is 5.69 Å². The van der Waals surface area contributed by atoms with E-state index in [2.05, 4.69) is 29.2 Å². The van der Waals surface area contributed by atoms with Crippen LogP contribution in [0.3, 0.4) is 0 Å². The Balaban J connectivity index is 2.17. The van der Waals surface area contributed by atoms with Gasteiger partial charge in [0.1, 0.15) is 0 Å². The highest BCUT2D eigenvalue weighted by Gasteiger charge is 2.09. The fourth-order valence-electron chi connectivity index (χ4n) is 1.73. The molecule has 2 heterocycles. The van der Waals surface area contributed by atoms with Gasteiger partial charge in [-0.05, 0) is 31.5 Å². The average Bonchev–Trinajstić information content (AvgIpc) is 2.68. The van der Waals surface area contributed by atoms with Crippen molar-refractivity contribution in [2.24, 2.45) is 7.05 Å². The number of aryl methyl sites for hydroxylation is 2. The molecule has 16 heavy (non-hydrogen) atoms. The SMILES string of the molecule is Cc1ccncc1NC(C)c1ccnn1C. The average molecular weight is 216 g/mol. The number of aromatic nitrogens is 3. The first-order valence-electron chi connectivity index (χ1n) is 5.33. The first-order chi connectivity index (χ1) is 7.68. The number of hydrogen-bond donors (Lipinski definition) is 1. The molecule has 2 aromatic heterocycles. The van der Waals surface area contributed by atoms with Gasteiger partial charge in [-0.25, -0.2) is 0 Å². The first-order valence-corrected chi connectivity index (χ1v) is 5.33. The van der Waals surface area contributed by atoms with Crippen LogP contribution in [0.5, 0.6) is 0 Å². The molecule has 0 radical (unpaired) electrons. The highest BCUT2D eigenvalue weighted by molar-refractivity contribution is 5.49. The molecule has 1 atom stereocenters. The van der Waals surface area contributed by atoms with Crippen molar-refractivity contribution in [3.05, 3.63) is 42.0 Å². The Morgan fingerprint density at radius 3 is 2.75 bits per heavy atom. The van der Waals surface area contributed by atoms with E-state index in [1.165, 1.54) is 5.56 Å². The molecule has 0 amide bonds. The van der Waals surface area contributed by atoms with Crippen molar-refractivity contribution in [3.8, 4) is 0 Å². The second-order valence-electron chi connectivity index (χ2n) is 3.94. The molecule has 0 saturated heterocycles. The minimum Gasteiger partial charge on any atom is -0.376 e. The molecule has 0 aromatic carbocycles. The van der Waals surface area contributed by atoms with Gasteiger partial charge in [-0.3, -0.25) is 9.67 Å². The lowest BCUT2D eigenvalue weighted by molar-refractivity contribution is 0.675. The third kappa shape index (κ3) is 2.05. The van der Waals surface area contributed by atoms with Gasteiger partial charge in [0.25, 0.3) is 0 Å². The molecule has 0 aliphatic heterocycles. The van der Waals surface area contributed by atoms with E-state index < -0.39 is 0 Å². The van der Waals surface area contributed by atoms with E-state index in [0.29, 0.717) is 0 Å². The normalized spacial score (nSPS) is 12.4. The Kier molecular flexibility index (Phi) is 2.90. The van der Waals surface area contributed by atoms with Gasteiger partial charge in [-0.2, -0.15) is 5.10 Å². The summed E-state index contributed by atoms with van der Waals surface area (Å²) in [6.45, 7) is 4.18. The lowest BCUT2D eigenvalue weighted by Gasteiger charge is -2.16. The zero-order valence-electron chi connectivity index (χ0n) is 9.81. The van der Waals surface area contributed by atoms with Crippen LogP contribution in [0, 0.1) is 6.92 Å². The molecule has 1 N–H and O–H groups in total. The summed E-state index contributed by atoms with van der Waals surface area (Å²) in [4.78, 5) is 4.12. The molecule has 0 aliphatic carbocycles. The Bertz CT molecular complexity index is 475. The molecule has 0 saturated carbocycles. The molecule has 0 fully saturated rings. The maximum Gasteiger partial charge on any atom is 0.0654 e. The Morgan fingerprint density at radius 1 is 1.31 bits per heavy atom. The van der Waals surface area contributed by atoms with Crippen molar-refractivity contribution >= 4 is 5.69 Å². The second-order valence-corrected chi connectivity index (χ2v) is 3.94. The number of nitrogens with zero attached hydrogens (tertiary/aromatic N) is 3. The number of pyridine rings is 1. The van der Waals surface area contributed by atoms with Crippen LogP contribution in [0.25, 0.3) is 0 Å². The molecule has 2 aromatic rings. The predicted molar refractivity (Wildman–Crippen MR) is 64.2 cm³/mol. The van der Waals surface area contributed by atoms with Gasteiger partial charge in [0, 0.05) is 19.4 Å². The summed E-state index contributed by atoms with van der Waals surface area (Å²) >= 11 is 0. The number of hydrogen-bond acceptors (Lipinski definition) is 3. The van der Waals surface area contributed by atoms with Gasteiger partial charge >= 0.3 is 0 Å². The molecule has 0 spiro atoms. The van der Waals surface area contributed by atoms with Crippen molar-refractivity contribution in [1.29, 1.82) is 0 Å². The summed E-state index contributed by atoms with van der Waals surface area (Å²) in [6.07, 6.45) is 5.46. The highest BCUT2D eigenvalue weighted by Crippen LogP contribution is 2.20. The number of anilines is 1. The van der Waals surface area contributed by atoms with E-state index in [4.69, 9.17) is 0 Å². The van der Waals surface area contributed by atoms with E-state index in [-0.39, 0.29) is 6.04 Å². The smallest absolute Gasteiger partial charge is 0.0654 e. The summed E-state index contributed by atoms with van der Waals surface area (Å²) < 4.78 is 1.88. The van der Waals surface area contributed by atoms with Crippen molar-refractivity contribution in [2.75, 3.05) is 5.32 Å². The molecule has 4 nitrogen and oxygen atoms in total. The minimum atomic E-state index is 0.218. The minimum absolute atomic E-state index is 0.218. The zero-order valence-corrected chi connectivity index (χ0v) is 9.81. The molecular formula is C12H16N4. The highest BCUT2D eigenvalue weighted by atomic mass is 15.3. The van der Waals surface area contributed by atoms with Gasteiger partial charge in [0.2, 0.25) is 0 Å². The largest absolute Gasteiger partial charge is 0.376 e. The van der Waals surface area contributed by atoms with Gasteiger partial charge in [-0.15, -0.1) is 0 Å². The summed E-state index contributed by atoms with van der Waals surface area (Å²) in [5.41, 5.74) is 3.42. The van der Waals surface area contributed by atoms with Crippen LogP contribution in [0.15, 0.2) is 30.7 Å². The molecule has 2 rings (SSSR count). The number of rotatable bonds is 3. The summed E-state index contributed by atoms with van der Waals surface area (Å²) in [5, 5.41) is 7.59. The van der Waals surface area contributed by atoms with E-state index in [0.717, 1.165) is 11.4 Å². The Hall–Kier alpha value is -1.84. The second kappa shape index (κ2) is 4.35. The molecule has 1 unspecified atom stereocenters. The maximum atomic E-state index is 4.16. The monoisotopic (exact) mass is 216 g/mol. The van der Waals surface area contributed by atoms with Crippen molar-refractivity contribution in [3.63, 3.8) is 0 Å². The van der Waals surface area contributed by atoms with Gasteiger partial charge in [0.05, 0.1) is 23.6 Å². The van der Waals surface area contributed by atoms with Crippen LogP contribution in [-0.2, 0) is 7.05 Å². The molecule has 84 valence electrons. The van der Waals surface area contributed by atoms with Crippen LogP contribution in [-0.4, -0.2) is 14.8 Å². The van der Waals surface area contributed by atoms with E-state index in [1.54, 1.807) is 6.20 Å². The Morgan fingerprint density at radius 2 is 2.12 bits per heavy atom. The summed E-state index contributed by atoms with van der Waals surface area (Å²) in [6, 6.07) is 4.23. The molecule has 0 bridgehead atoms. The zero-order chi connectivity index (χ0) is 11.5. The van der Waals surface area contributed by atoms with E-state index >= 15 is 0 Å². The predicted octanol–water partition coefficient (Wildman–Crippen LogP) is 2.30. The van der Waals surface area contributed by atoms with Gasteiger partial charge < -0.3 is 5.32 Å². The summed E-state index contributed by atoms with van der Waals surface area (Å²) in [7, 11) is 1.95. The lowest BCUT2D eigenvalue weighted by atomic mass is 10.2. The quantitative estimate of drug-likeness (QED) is 0.856. The molecule has 0 aliphatic rings. The van der Waals surface area contributed by atoms with Crippen LogP contribution < -0.4 is 5.32 Å². The maximum absolute atomic E-state index is 4.16. The Labute approximate surface area is 95.3 Å². The van der Waals surface area contributed by atoms with Crippen LogP contribution >= 0.6 is 0 Å². The van der Waals surface area contributed by atoms with Crippen molar-refractivity contribution < 1.29 is 0 Å². The topological polar surface area (TPSA) is 42.7 Å². The van der Waals surface area contributed by atoms with Gasteiger partial charge in [0.15, 0.2) is 0 Å². The van der Waals surface area contributed by atoms with E-state index in [1.807, 2.05) is 36.3 Å².